The molecule has 2 aromatic rings. The van der Waals surface area contributed by atoms with Gasteiger partial charge in [0.2, 0.25) is 0 Å². The van der Waals surface area contributed by atoms with Crippen molar-refractivity contribution in [1.29, 1.82) is 0 Å². The molecule has 0 aliphatic heterocycles. The van der Waals surface area contributed by atoms with E-state index in [9.17, 15) is 4.79 Å². The summed E-state index contributed by atoms with van der Waals surface area (Å²) in [6.45, 7) is 2.38. The van der Waals surface area contributed by atoms with E-state index in [0.29, 0.717) is 16.7 Å². The van der Waals surface area contributed by atoms with E-state index in [0.717, 1.165) is 10.7 Å². The van der Waals surface area contributed by atoms with Crippen LogP contribution in [-0.4, -0.2) is 15.9 Å². The van der Waals surface area contributed by atoms with Gasteiger partial charge in [-0.1, -0.05) is 0 Å². The van der Waals surface area contributed by atoms with Gasteiger partial charge in [-0.15, -0.1) is 11.3 Å². The van der Waals surface area contributed by atoms with E-state index in [4.69, 9.17) is 0 Å². The molecule has 2 rings (SSSR count). The monoisotopic (exact) mass is 311 g/mol. The predicted molar refractivity (Wildman–Crippen MR) is 70.0 cm³/mol. The van der Waals surface area contributed by atoms with Crippen molar-refractivity contribution in [3.8, 4) is 0 Å². The number of aromatic nitrogens is 2. The van der Waals surface area contributed by atoms with Gasteiger partial charge in [-0.25, -0.2) is 9.97 Å². The zero-order valence-corrected chi connectivity index (χ0v) is 11.5. The summed E-state index contributed by atoms with van der Waals surface area (Å²) in [6, 6.07) is 3.46. The number of amides is 1. The molecule has 88 valence electrons. The fourth-order valence-electron chi connectivity index (χ4n) is 1.27. The van der Waals surface area contributed by atoms with Crippen molar-refractivity contribution in [3.63, 3.8) is 0 Å². The zero-order chi connectivity index (χ0) is 12.3. The minimum absolute atomic E-state index is 0.143. The second kappa shape index (κ2) is 5.37. The van der Waals surface area contributed by atoms with Crippen molar-refractivity contribution in [1.82, 2.24) is 15.3 Å². The molecule has 0 fully saturated rings. The van der Waals surface area contributed by atoms with Crippen molar-refractivity contribution in [2.75, 3.05) is 0 Å². The van der Waals surface area contributed by atoms with Crippen LogP contribution in [-0.2, 0) is 6.54 Å². The van der Waals surface area contributed by atoms with E-state index in [-0.39, 0.29) is 5.91 Å². The SMILES string of the molecule is Cc1nc(CNC(=O)c2ccc(Br)nc2)cs1. The Bertz CT molecular complexity index is 524. The van der Waals surface area contributed by atoms with Crippen molar-refractivity contribution in [2.24, 2.45) is 0 Å². The van der Waals surface area contributed by atoms with E-state index in [1.807, 2.05) is 12.3 Å². The molecule has 2 heterocycles. The summed E-state index contributed by atoms with van der Waals surface area (Å²) in [5.74, 6) is -0.143. The Labute approximate surface area is 111 Å². The van der Waals surface area contributed by atoms with Crippen molar-refractivity contribution in [3.05, 3.63) is 44.6 Å². The number of hydrogen-bond acceptors (Lipinski definition) is 4. The first kappa shape index (κ1) is 12.2. The molecule has 0 aliphatic carbocycles. The molecule has 0 aromatic carbocycles. The van der Waals surface area contributed by atoms with Gasteiger partial charge in [-0.2, -0.15) is 0 Å². The number of pyridine rings is 1. The van der Waals surface area contributed by atoms with Gasteiger partial charge in [0.15, 0.2) is 0 Å². The third-order valence-electron chi connectivity index (χ3n) is 2.09. The number of thiazole rings is 1. The topological polar surface area (TPSA) is 54.9 Å². The largest absolute Gasteiger partial charge is 0.346 e. The van der Waals surface area contributed by atoms with E-state index >= 15 is 0 Å². The first-order valence-corrected chi connectivity index (χ1v) is 6.63. The zero-order valence-electron chi connectivity index (χ0n) is 9.11. The third-order valence-corrected chi connectivity index (χ3v) is 3.38. The Hall–Kier alpha value is -1.27. The highest BCUT2D eigenvalue weighted by Gasteiger charge is 2.06. The number of halogens is 1. The van der Waals surface area contributed by atoms with E-state index < -0.39 is 0 Å². The molecule has 1 amide bonds. The molecule has 0 bridgehead atoms. The minimum Gasteiger partial charge on any atom is -0.346 e. The van der Waals surface area contributed by atoms with Crippen LogP contribution < -0.4 is 5.32 Å². The fourth-order valence-corrected chi connectivity index (χ4v) is 2.12. The van der Waals surface area contributed by atoms with Crippen LogP contribution in [0.3, 0.4) is 0 Å². The number of carbonyl (C=O) groups excluding carboxylic acids is 1. The molecular formula is C11H10BrN3OS. The normalized spacial score (nSPS) is 10.2. The van der Waals surface area contributed by atoms with E-state index in [1.54, 1.807) is 23.5 Å². The van der Waals surface area contributed by atoms with Crippen LogP contribution >= 0.6 is 27.3 Å². The quantitative estimate of drug-likeness (QED) is 0.886. The summed E-state index contributed by atoms with van der Waals surface area (Å²) in [6.07, 6.45) is 1.53. The molecule has 4 nitrogen and oxygen atoms in total. The Morgan fingerprint density at radius 2 is 2.35 bits per heavy atom. The van der Waals surface area contributed by atoms with Crippen LogP contribution in [0.25, 0.3) is 0 Å². The van der Waals surface area contributed by atoms with Gasteiger partial charge in [0.1, 0.15) is 4.60 Å². The standard InChI is InChI=1S/C11H10BrN3OS/c1-7-15-9(6-17-7)5-14-11(16)8-2-3-10(12)13-4-8/h2-4,6H,5H2,1H3,(H,14,16). The lowest BCUT2D eigenvalue weighted by Crippen LogP contribution is -2.23. The summed E-state index contributed by atoms with van der Waals surface area (Å²) in [5, 5.41) is 5.74. The third kappa shape index (κ3) is 3.34. The predicted octanol–water partition coefficient (Wildman–Crippen LogP) is 2.54. The summed E-state index contributed by atoms with van der Waals surface area (Å²) >= 11 is 4.79. The van der Waals surface area contributed by atoms with Crippen molar-refractivity contribution in [2.45, 2.75) is 13.5 Å². The van der Waals surface area contributed by atoms with Gasteiger partial charge in [0.25, 0.3) is 5.91 Å². The van der Waals surface area contributed by atoms with Crippen LogP contribution in [0.15, 0.2) is 28.3 Å². The molecule has 0 aliphatic rings. The molecule has 0 atom stereocenters. The van der Waals surface area contributed by atoms with Gasteiger partial charge >= 0.3 is 0 Å². The summed E-state index contributed by atoms with van der Waals surface area (Å²) in [4.78, 5) is 20.0. The molecule has 2 aromatic heterocycles. The molecule has 0 spiro atoms. The maximum atomic E-state index is 11.7. The van der Waals surface area contributed by atoms with Gasteiger partial charge in [0.05, 0.1) is 22.8 Å². The molecular weight excluding hydrogens is 302 g/mol. The van der Waals surface area contributed by atoms with Gasteiger partial charge in [-0.3, -0.25) is 4.79 Å². The molecule has 6 heteroatoms. The molecule has 17 heavy (non-hydrogen) atoms. The number of hydrogen-bond donors (Lipinski definition) is 1. The lowest BCUT2D eigenvalue weighted by atomic mass is 10.2. The van der Waals surface area contributed by atoms with Crippen LogP contribution in [0.5, 0.6) is 0 Å². The number of nitrogens with one attached hydrogen (secondary N) is 1. The highest BCUT2D eigenvalue weighted by Crippen LogP contribution is 2.09. The number of rotatable bonds is 3. The molecule has 0 unspecified atom stereocenters. The van der Waals surface area contributed by atoms with Crippen molar-refractivity contribution < 1.29 is 4.79 Å². The summed E-state index contributed by atoms with van der Waals surface area (Å²) < 4.78 is 0.712. The number of carbonyl (C=O) groups is 1. The first-order chi connectivity index (χ1) is 8.15. The van der Waals surface area contributed by atoms with Gasteiger partial charge in [-0.05, 0) is 35.0 Å². The molecule has 0 radical (unpaired) electrons. The smallest absolute Gasteiger partial charge is 0.253 e. The average Bonchev–Trinajstić information content (AvgIpc) is 2.73. The highest BCUT2D eigenvalue weighted by molar-refractivity contribution is 9.10. The fraction of sp³-hybridized carbons (Fsp3) is 0.182. The lowest BCUT2D eigenvalue weighted by Gasteiger charge is -2.02. The summed E-state index contributed by atoms with van der Waals surface area (Å²) in [5.41, 5.74) is 1.42. The van der Waals surface area contributed by atoms with Gasteiger partial charge in [0, 0.05) is 11.6 Å². The van der Waals surface area contributed by atoms with E-state index in [1.165, 1.54) is 6.20 Å². The Morgan fingerprint density at radius 3 is 2.94 bits per heavy atom. The average molecular weight is 312 g/mol. The van der Waals surface area contributed by atoms with Crippen molar-refractivity contribution >= 4 is 33.2 Å². The lowest BCUT2D eigenvalue weighted by molar-refractivity contribution is 0.0950. The maximum absolute atomic E-state index is 11.7. The number of nitrogens with zero attached hydrogens (tertiary/aromatic N) is 2. The Kier molecular flexibility index (Phi) is 3.86. The highest BCUT2D eigenvalue weighted by atomic mass is 79.9. The Balaban J connectivity index is 1.95. The minimum atomic E-state index is -0.143. The molecule has 1 N–H and O–H groups in total. The Morgan fingerprint density at radius 1 is 1.53 bits per heavy atom. The molecule has 0 saturated carbocycles. The second-order valence-electron chi connectivity index (χ2n) is 3.41. The second-order valence-corrected chi connectivity index (χ2v) is 5.28. The van der Waals surface area contributed by atoms with Gasteiger partial charge < -0.3 is 5.32 Å². The summed E-state index contributed by atoms with van der Waals surface area (Å²) in [7, 11) is 0. The van der Waals surface area contributed by atoms with E-state index in [2.05, 4.69) is 31.2 Å². The van der Waals surface area contributed by atoms with Crippen LogP contribution in [0, 0.1) is 6.92 Å². The van der Waals surface area contributed by atoms with Crippen LogP contribution in [0.4, 0.5) is 0 Å². The van der Waals surface area contributed by atoms with Crippen LogP contribution in [0.1, 0.15) is 21.1 Å². The molecule has 0 saturated heterocycles. The number of aryl methyl sites for hydroxylation is 1. The maximum Gasteiger partial charge on any atom is 0.253 e. The van der Waals surface area contributed by atoms with Crippen LogP contribution in [0.2, 0.25) is 0 Å². The first-order valence-electron chi connectivity index (χ1n) is 4.96.